The summed E-state index contributed by atoms with van der Waals surface area (Å²) in [7, 11) is 3.22. The summed E-state index contributed by atoms with van der Waals surface area (Å²) in [5, 5.41) is 3.15. The standard InChI is InChI=1S/C26H33N3O4/c1-5-28(6-2)14-12-27-25(30)23-18-9-7-8-10-19(18)26(31)29-13-11-17-15-21(32-3)22(33-4)16-20(17)24(23)29/h7-10,15-16,23-24H,5-6,11-14H2,1-4H3,(H,27,30). The van der Waals surface area contributed by atoms with Crippen molar-refractivity contribution in [3.05, 3.63) is 58.7 Å². The molecule has 2 heterocycles. The molecule has 0 saturated carbocycles. The molecule has 0 spiro atoms. The third kappa shape index (κ3) is 4.17. The fraction of sp³-hybridized carbons (Fsp3) is 0.462. The molecular weight excluding hydrogens is 418 g/mol. The van der Waals surface area contributed by atoms with Crippen molar-refractivity contribution in [2.75, 3.05) is 46.9 Å². The summed E-state index contributed by atoms with van der Waals surface area (Å²) in [5.41, 5.74) is 3.43. The van der Waals surface area contributed by atoms with Crippen LogP contribution < -0.4 is 14.8 Å². The number of carbonyl (C=O) groups is 2. The summed E-state index contributed by atoms with van der Waals surface area (Å²) in [5.74, 6) is 0.688. The molecule has 7 nitrogen and oxygen atoms in total. The van der Waals surface area contributed by atoms with Gasteiger partial charge in [0, 0.05) is 25.2 Å². The minimum Gasteiger partial charge on any atom is -0.493 e. The normalized spacial score (nSPS) is 18.9. The number of hydrogen-bond donors (Lipinski definition) is 1. The van der Waals surface area contributed by atoms with Crippen LogP contribution >= 0.6 is 0 Å². The number of nitrogens with zero attached hydrogens (tertiary/aromatic N) is 2. The molecule has 0 fully saturated rings. The SMILES string of the molecule is CCN(CC)CCNC(=O)C1c2ccccc2C(=O)N2CCc3cc(OC)c(OC)cc3C12. The summed E-state index contributed by atoms with van der Waals surface area (Å²) < 4.78 is 11.1. The summed E-state index contributed by atoms with van der Waals surface area (Å²) in [4.78, 5) is 31.2. The fourth-order valence-electron chi connectivity index (χ4n) is 5.12. The molecule has 0 radical (unpaired) electrons. The lowest BCUT2D eigenvalue weighted by Crippen LogP contribution is -2.50. The molecule has 4 rings (SSSR count). The first-order chi connectivity index (χ1) is 16.0. The van der Waals surface area contributed by atoms with Crippen LogP contribution in [0.15, 0.2) is 36.4 Å². The van der Waals surface area contributed by atoms with Crippen LogP contribution in [-0.2, 0) is 11.2 Å². The van der Waals surface area contributed by atoms with Crippen LogP contribution in [0.4, 0.5) is 0 Å². The predicted octanol–water partition coefficient (Wildman–Crippen LogP) is 3.00. The van der Waals surface area contributed by atoms with Crippen molar-refractivity contribution in [2.24, 2.45) is 0 Å². The van der Waals surface area contributed by atoms with E-state index in [-0.39, 0.29) is 17.9 Å². The second-order valence-corrected chi connectivity index (χ2v) is 8.48. The van der Waals surface area contributed by atoms with Gasteiger partial charge in [0.05, 0.1) is 26.2 Å². The van der Waals surface area contributed by atoms with Gasteiger partial charge in [0.25, 0.3) is 5.91 Å². The van der Waals surface area contributed by atoms with Gasteiger partial charge in [-0.15, -0.1) is 0 Å². The topological polar surface area (TPSA) is 71.1 Å². The number of carbonyl (C=O) groups excluding carboxylic acids is 2. The number of benzene rings is 2. The molecule has 1 N–H and O–H groups in total. The van der Waals surface area contributed by atoms with E-state index in [4.69, 9.17) is 9.47 Å². The Morgan fingerprint density at radius 2 is 1.79 bits per heavy atom. The van der Waals surface area contributed by atoms with Gasteiger partial charge in [-0.2, -0.15) is 0 Å². The Morgan fingerprint density at radius 1 is 1.09 bits per heavy atom. The number of nitrogens with one attached hydrogen (secondary N) is 1. The lowest BCUT2D eigenvalue weighted by Gasteiger charge is -2.45. The van der Waals surface area contributed by atoms with Crippen molar-refractivity contribution in [3.8, 4) is 11.5 Å². The van der Waals surface area contributed by atoms with Crippen molar-refractivity contribution < 1.29 is 19.1 Å². The second kappa shape index (κ2) is 9.83. The van der Waals surface area contributed by atoms with Gasteiger partial charge in [-0.25, -0.2) is 0 Å². The van der Waals surface area contributed by atoms with E-state index in [9.17, 15) is 9.59 Å². The Morgan fingerprint density at radius 3 is 2.48 bits per heavy atom. The van der Waals surface area contributed by atoms with Gasteiger partial charge in [-0.3, -0.25) is 9.59 Å². The molecule has 176 valence electrons. The van der Waals surface area contributed by atoms with Crippen LogP contribution in [0.5, 0.6) is 11.5 Å². The van der Waals surface area contributed by atoms with E-state index < -0.39 is 5.92 Å². The van der Waals surface area contributed by atoms with Crippen LogP contribution in [0.2, 0.25) is 0 Å². The molecule has 2 aromatic carbocycles. The molecule has 2 aromatic rings. The second-order valence-electron chi connectivity index (χ2n) is 8.48. The molecule has 0 bridgehead atoms. The third-order valence-electron chi connectivity index (χ3n) is 6.93. The molecule has 7 heteroatoms. The molecular formula is C26H33N3O4. The third-order valence-corrected chi connectivity index (χ3v) is 6.93. The van der Waals surface area contributed by atoms with Crippen LogP contribution in [0.1, 0.15) is 52.9 Å². The average Bonchev–Trinajstić information content (AvgIpc) is 2.85. The highest BCUT2D eigenvalue weighted by Gasteiger charge is 2.46. The molecule has 2 aliphatic heterocycles. The quantitative estimate of drug-likeness (QED) is 0.668. The van der Waals surface area contributed by atoms with Crippen molar-refractivity contribution in [1.82, 2.24) is 15.1 Å². The lowest BCUT2D eigenvalue weighted by molar-refractivity contribution is -0.124. The van der Waals surface area contributed by atoms with Gasteiger partial charge in [-0.1, -0.05) is 32.0 Å². The Kier molecular flexibility index (Phi) is 6.88. The van der Waals surface area contributed by atoms with Crippen LogP contribution in [0.3, 0.4) is 0 Å². The molecule has 0 saturated heterocycles. The summed E-state index contributed by atoms with van der Waals surface area (Å²) >= 11 is 0. The summed E-state index contributed by atoms with van der Waals surface area (Å²) in [6.45, 7) is 8.04. The zero-order valence-electron chi connectivity index (χ0n) is 19.9. The first-order valence-corrected chi connectivity index (χ1v) is 11.7. The highest BCUT2D eigenvalue weighted by molar-refractivity contribution is 6.01. The van der Waals surface area contributed by atoms with E-state index in [0.717, 1.165) is 36.3 Å². The maximum absolute atomic E-state index is 13.6. The smallest absolute Gasteiger partial charge is 0.254 e. The predicted molar refractivity (Wildman–Crippen MR) is 127 cm³/mol. The largest absolute Gasteiger partial charge is 0.493 e. The molecule has 0 aliphatic carbocycles. The number of fused-ring (bicyclic) bond motifs is 4. The zero-order chi connectivity index (χ0) is 23.5. The first kappa shape index (κ1) is 23.1. The number of methoxy groups -OCH3 is 2. The minimum absolute atomic E-state index is 0.0248. The van der Waals surface area contributed by atoms with Crippen LogP contribution in [0, 0.1) is 0 Å². The molecule has 33 heavy (non-hydrogen) atoms. The van der Waals surface area contributed by atoms with Crippen molar-refractivity contribution in [1.29, 1.82) is 0 Å². The summed E-state index contributed by atoms with van der Waals surface area (Å²) in [6, 6.07) is 11.0. The average molecular weight is 452 g/mol. The number of likely N-dealkylation sites (N-methyl/N-ethyl adjacent to an activating group) is 1. The number of rotatable bonds is 8. The van der Waals surface area contributed by atoms with E-state index in [1.165, 1.54) is 0 Å². The maximum atomic E-state index is 13.6. The molecule has 2 unspecified atom stereocenters. The Balaban J connectivity index is 1.75. The summed E-state index contributed by atoms with van der Waals surface area (Å²) in [6.07, 6.45) is 0.705. The van der Waals surface area contributed by atoms with Gasteiger partial charge >= 0.3 is 0 Å². The number of ether oxygens (including phenoxy) is 2. The van der Waals surface area contributed by atoms with E-state index >= 15 is 0 Å². The highest BCUT2D eigenvalue weighted by atomic mass is 16.5. The Labute approximate surface area is 195 Å². The van der Waals surface area contributed by atoms with E-state index in [1.807, 2.05) is 41.3 Å². The molecule has 2 amide bonds. The molecule has 0 aromatic heterocycles. The van der Waals surface area contributed by atoms with Gasteiger partial charge < -0.3 is 24.6 Å². The van der Waals surface area contributed by atoms with Crippen LogP contribution in [-0.4, -0.2) is 68.6 Å². The maximum Gasteiger partial charge on any atom is 0.254 e. The Bertz CT molecular complexity index is 1030. The highest BCUT2D eigenvalue weighted by Crippen LogP contribution is 2.48. The molecule has 2 aliphatic rings. The van der Waals surface area contributed by atoms with E-state index in [2.05, 4.69) is 24.1 Å². The lowest BCUT2D eigenvalue weighted by atomic mass is 9.75. The zero-order valence-corrected chi connectivity index (χ0v) is 19.9. The van der Waals surface area contributed by atoms with E-state index in [1.54, 1.807) is 14.2 Å². The minimum atomic E-state index is -0.493. The first-order valence-electron chi connectivity index (χ1n) is 11.7. The van der Waals surface area contributed by atoms with E-state index in [0.29, 0.717) is 36.6 Å². The van der Waals surface area contributed by atoms with Gasteiger partial charge in [0.15, 0.2) is 11.5 Å². The van der Waals surface area contributed by atoms with Crippen molar-refractivity contribution in [3.63, 3.8) is 0 Å². The number of amides is 2. The van der Waals surface area contributed by atoms with Crippen LogP contribution in [0.25, 0.3) is 0 Å². The van der Waals surface area contributed by atoms with Gasteiger partial charge in [0.1, 0.15) is 0 Å². The molecule has 2 atom stereocenters. The number of hydrogen-bond acceptors (Lipinski definition) is 5. The van der Waals surface area contributed by atoms with Crippen molar-refractivity contribution >= 4 is 11.8 Å². The van der Waals surface area contributed by atoms with Gasteiger partial charge in [-0.05, 0) is 54.4 Å². The van der Waals surface area contributed by atoms with Gasteiger partial charge in [0.2, 0.25) is 5.91 Å². The Hall–Kier alpha value is -3.06. The van der Waals surface area contributed by atoms with Crippen molar-refractivity contribution in [2.45, 2.75) is 32.2 Å². The monoisotopic (exact) mass is 451 g/mol. The fourth-order valence-corrected chi connectivity index (χ4v) is 5.12.